The van der Waals surface area contributed by atoms with Crippen molar-refractivity contribution in [3.8, 4) is 5.75 Å². The molecule has 2 aromatic heterocycles. The number of fused-ring (bicyclic) bond motifs is 1. The lowest BCUT2D eigenvalue weighted by Gasteiger charge is -2.46. The minimum absolute atomic E-state index is 0.0936. The number of nitrogens with zero attached hydrogens (tertiary/aromatic N) is 3. The Labute approximate surface area is 188 Å². The largest absolute Gasteiger partial charge is 0.493 e. The van der Waals surface area contributed by atoms with Gasteiger partial charge in [0.05, 0.1) is 17.7 Å². The van der Waals surface area contributed by atoms with Gasteiger partial charge in [-0.2, -0.15) is 0 Å². The maximum atomic E-state index is 13.1. The highest BCUT2D eigenvalue weighted by atomic mass is 16.5. The molecule has 2 aliphatic rings. The molecule has 1 atom stereocenters. The Kier molecular flexibility index (Phi) is 6.04. The van der Waals surface area contributed by atoms with E-state index in [0.29, 0.717) is 12.5 Å². The molecule has 2 saturated heterocycles. The van der Waals surface area contributed by atoms with Gasteiger partial charge in [-0.25, -0.2) is 0 Å². The van der Waals surface area contributed by atoms with E-state index in [4.69, 9.17) is 9.47 Å². The fraction of sp³-hybridized carbons (Fsp3) is 0.423. The zero-order valence-electron chi connectivity index (χ0n) is 18.3. The van der Waals surface area contributed by atoms with E-state index in [2.05, 4.69) is 9.97 Å². The van der Waals surface area contributed by atoms with Gasteiger partial charge in [-0.3, -0.25) is 14.8 Å². The van der Waals surface area contributed by atoms with Gasteiger partial charge in [0.15, 0.2) is 0 Å². The van der Waals surface area contributed by atoms with Gasteiger partial charge in [0.2, 0.25) is 0 Å². The fourth-order valence-corrected chi connectivity index (χ4v) is 5.01. The smallest absolute Gasteiger partial charge is 0.253 e. The lowest BCUT2D eigenvalue weighted by molar-refractivity contribution is -0.125. The van der Waals surface area contributed by atoms with Crippen LogP contribution < -0.4 is 4.74 Å². The van der Waals surface area contributed by atoms with Crippen LogP contribution in [0, 0.1) is 5.92 Å². The molecule has 0 saturated carbocycles. The van der Waals surface area contributed by atoms with Crippen molar-refractivity contribution in [1.82, 2.24) is 14.9 Å². The number of carbonyl (C=O) groups excluding carboxylic acids is 1. The summed E-state index contributed by atoms with van der Waals surface area (Å²) < 4.78 is 12.2. The number of benzene rings is 1. The predicted octanol–water partition coefficient (Wildman–Crippen LogP) is 4.50. The molecule has 0 aliphatic carbocycles. The number of amides is 1. The van der Waals surface area contributed by atoms with E-state index in [0.717, 1.165) is 74.0 Å². The van der Waals surface area contributed by atoms with Crippen molar-refractivity contribution in [1.29, 1.82) is 0 Å². The number of ether oxygens (including phenoxy) is 2. The van der Waals surface area contributed by atoms with E-state index in [-0.39, 0.29) is 11.5 Å². The summed E-state index contributed by atoms with van der Waals surface area (Å²) >= 11 is 0. The Balaban J connectivity index is 1.15. The fourth-order valence-electron chi connectivity index (χ4n) is 5.01. The summed E-state index contributed by atoms with van der Waals surface area (Å²) in [6.45, 7) is 2.99. The van der Waals surface area contributed by atoms with E-state index >= 15 is 0 Å². The molecular weight excluding hydrogens is 402 g/mol. The monoisotopic (exact) mass is 431 g/mol. The van der Waals surface area contributed by atoms with Crippen LogP contribution in [0.4, 0.5) is 0 Å². The SMILES string of the molecule is O=C(c1ccc2ncccc2c1)N1CCC2(CC1)CC(CCOc1ccncc1)CCO2. The third-order valence-electron chi connectivity index (χ3n) is 6.85. The summed E-state index contributed by atoms with van der Waals surface area (Å²) in [5.74, 6) is 1.57. The average molecular weight is 432 g/mol. The van der Waals surface area contributed by atoms with Crippen molar-refractivity contribution >= 4 is 16.8 Å². The Morgan fingerprint density at radius 1 is 1.12 bits per heavy atom. The highest BCUT2D eigenvalue weighted by molar-refractivity contribution is 5.98. The summed E-state index contributed by atoms with van der Waals surface area (Å²) in [4.78, 5) is 23.4. The van der Waals surface area contributed by atoms with E-state index in [9.17, 15) is 4.79 Å². The quantitative estimate of drug-likeness (QED) is 0.595. The maximum Gasteiger partial charge on any atom is 0.253 e. The van der Waals surface area contributed by atoms with Crippen LogP contribution >= 0.6 is 0 Å². The van der Waals surface area contributed by atoms with Crippen molar-refractivity contribution in [2.45, 2.75) is 37.7 Å². The lowest BCUT2D eigenvalue weighted by Crippen LogP contribution is -2.50. The number of rotatable bonds is 5. The first-order valence-corrected chi connectivity index (χ1v) is 11.5. The van der Waals surface area contributed by atoms with Gasteiger partial charge in [0, 0.05) is 49.2 Å². The van der Waals surface area contributed by atoms with Crippen LogP contribution in [0.15, 0.2) is 61.1 Å². The molecule has 0 bridgehead atoms. The molecule has 166 valence electrons. The normalized spacial score (nSPS) is 20.4. The highest BCUT2D eigenvalue weighted by Crippen LogP contribution is 2.39. The van der Waals surface area contributed by atoms with Crippen LogP contribution in [0.25, 0.3) is 10.9 Å². The Morgan fingerprint density at radius 3 is 2.81 bits per heavy atom. The minimum Gasteiger partial charge on any atom is -0.493 e. The number of hydrogen-bond acceptors (Lipinski definition) is 5. The first kappa shape index (κ1) is 20.9. The standard InChI is InChI=1S/C26H29N3O3/c30-25(22-3-4-24-21(18-22)2-1-11-28-24)29-14-9-26(10-15-29)19-20(8-17-32-26)7-16-31-23-5-12-27-13-6-23/h1-6,11-13,18,20H,7-10,14-17,19H2. The molecule has 1 amide bonds. The van der Waals surface area contributed by atoms with Crippen LogP contribution in [0.5, 0.6) is 5.75 Å². The van der Waals surface area contributed by atoms with Crippen molar-refractivity contribution < 1.29 is 14.3 Å². The number of pyridine rings is 2. The Hall–Kier alpha value is -2.99. The van der Waals surface area contributed by atoms with Gasteiger partial charge >= 0.3 is 0 Å². The molecule has 0 N–H and O–H groups in total. The molecule has 2 aliphatic heterocycles. The number of piperidine rings is 1. The molecule has 1 aromatic carbocycles. The van der Waals surface area contributed by atoms with Crippen LogP contribution in [-0.2, 0) is 4.74 Å². The van der Waals surface area contributed by atoms with Gasteiger partial charge in [-0.1, -0.05) is 6.07 Å². The second kappa shape index (κ2) is 9.25. The van der Waals surface area contributed by atoms with E-state index in [1.54, 1.807) is 18.6 Å². The summed E-state index contributed by atoms with van der Waals surface area (Å²) in [5.41, 5.74) is 1.55. The van der Waals surface area contributed by atoms with Crippen LogP contribution in [0.2, 0.25) is 0 Å². The molecule has 0 radical (unpaired) electrons. The summed E-state index contributed by atoms with van der Waals surface area (Å²) in [6, 6.07) is 13.5. The van der Waals surface area contributed by atoms with Crippen LogP contribution in [0.3, 0.4) is 0 Å². The van der Waals surface area contributed by atoms with Gasteiger partial charge in [-0.15, -0.1) is 0 Å². The first-order valence-electron chi connectivity index (χ1n) is 11.5. The minimum atomic E-state index is -0.0936. The number of carbonyl (C=O) groups is 1. The molecule has 3 aromatic rings. The molecule has 32 heavy (non-hydrogen) atoms. The van der Waals surface area contributed by atoms with Gasteiger partial charge in [0.1, 0.15) is 5.75 Å². The first-order chi connectivity index (χ1) is 15.7. The van der Waals surface area contributed by atoms with Gasteiger partial charge in [0.25, 0.3) is 5.91 Å². The summed E-state index contributed by atoms with van der Waals surface area (Å²) in [6.07, 6.45) is 10.2. The number of likely N-dealkylation sites (tertiary alicyclic amines) is 1. The number of aromatic nitrogens is 2. The highest BCUT2D eigenvalue weighted by Gasteiger charge is 2.41. The summed E-state index contributed by atoms with van der Waals surface area (Å²) in [7, 11) is 0. The molecule has 5 rings (SSSR count). The lowest BCUT2D eigenvalue weighted by atomic mass is 9.78. The Bertz CT molecular complexity index is 1060. The molecule has 1 unspecified atom stereocenters. The van der Waals surface area contributed by atoms with E-state index in [1.165, 1.54) is 0 Å². The summed E-state index contributed by atoms with van der Waals surface area (Å²) in [5, 5.41) is 0.999. The molecule has 6 heteroatoms. The maximum absolute atomic E-state index is 13.1. The second-order valence-corrected chi connectivity index (χ2v) is 8.91. The van der Waals surface area contributed by atoms with Crippen molar-refractivity contribution in [2.24, 2.45) is 5.92 Å². The van der Waals surface area contributed by atoms with Crippen molar-refractivity contribution in [3.05, 3.63) is 66.6 Å². The average Bonchev–Trinajstić information content (AvgIpc) is 2.85. The predicted molar refractivity (Wildman–Crippen MR) is 123 cm³/mol. The van der Waals surface area contributed by atoms with Crippen molar-refractivity contribution in [3.63, 3.8) is 0 Å². The third kappa shape index (κ3) is 4.60. The van der Waals surface area contributed by atoms with E-state index in [1.807, 2.05) is 47.4 Å². The topological polar surface area (TPSA) is 64.6 Å². The molecule has 1 spiro atoms. The second-order valence-electron chi connectivity index (χ2n) is 8.91. The zero-order valence-corrected chi connectivity index (χ0v) is 18.3. The molecule has 4 heterocycles. The van der Waals surface area contributed by atoms with E-state index < -0.39 is 0 Å². The third-order valence-corrected chi connectivity index (χ3v) is 6.85. The molecule has 2 fully saturated rings. The van der Waals surface area contributed by atoms with Gasteiger partial charge < -0.3 is 14.4 Å². The molecule has 6 nitrogen and oxygen atoms in total. The number of hydrogen-bond donors (Lipinski definition) is 0. The van der Waals surface area contributed by atoms with Crippen LogP contribution in [-0.4, -0.2) is 52.7 Å². The van der Waals surface area contributed by atoms with Crippen molar-refractivity contribution in [2.75, 3.05) is 26.3 Å². The Morgan fingerprint density at radius 2 is 1.97 bits per heavy atom. The molecular formula is C26H29N3O3. The van der Waals surface area contributed by atoms with Gasteiger partial charge in [-0.05, 0) is 74.4 Å². The zero-order chi connectivity index (χ0) is 21.8. The van der Waals surface area contributed by atoms with Crippen LogP contribution in [0.1, 0.15) is 42.5 Å².